The molecule has 0 aromatic carbocycles. The summed E-state index contributed by atoms with van der Waals surface area (Å²) in [5, 5.41) is 8.70. The zero-order valence-corrected chi connectivity index (χ0v) is 9.55. The van der Waals surface area contributed by atoms with E-state index in [2.05, 4.69) is 20.8 Å². The Hall–Kier alpha value is -0.530. The summed E-state index contributed by atoms with van der Waals surface area (Å²) in [5.74, 6) is 0.629. The van der Waals surface area contributed by atoms with E-state index in [0.717, 1.165) is 6.42 Å². The molecular weight excluding hydrogens is 176 g/mol. The van der Waals surface area contributed by atoms with Crippen LogP contribution in [0.2, 0.25) is 0 Å². The lowest BCUT2D eigenvalue weighted by molar-refractivity contribution is -0.137. The van der Waals surface area contributed by atoms with Crippen molar-refractivity contribution >= 4 is 5.97 Å². The molecule has 2 unspecified atom stereocenters. The third-order valence-corrected chi connectivity index (χ3v) is 3.84. The SMILES string of the molecule is CC1CCCC(C)(C)C1CCC(=O)O. The van der Waals surface area contributed by atoms with Crippen molar-refractivity contribution in [2.45, 2.75) is 52.9 Å². The van der Waals surface area contributed by atoms with E-state index in [1.165, 1.54) is 19.3 Å². The summed E-state index contributed by atoms with van der Waals surface area (Å²) in [5.41, 5.74) is 0.340. The molecule has 0 saturated heterocycles. The van der Waals surface area contributed by atoms with Crippen LogP contribution in [0.5, 0.6) is 0 Å². The predicted octanol–water partition coefficient (Wildman–Crippen LogP) is 3.31. The highest BCUT2D eigenvalue weighted by molar-refractivity contribution is 5.66. The molecule has 1 aliphatic rings. The van der Waals surface area contributed by atoms with Crippen molar-refractivity contribution in [2.24, 2.45) is 17.3 Å². The van der Waals surface area contributed by atoms with Gasteiger partial charge in [-0.25, -0.2) is 0 Å². The van der Waals surface area contributed by atoms with E-state index in [-0.39, 0.29) is 0 Å². The van der Waals surface area contributed by atoms with Gasteiger partial charge < -0.3 is 5.11 Å². The van der Waals surface area contributed by atoms with Gasteiger partial charge in [-0.15, -0.1) is 0 Å². The topological polar surface area (TPSA) is 37.3 Å². The van der Waals surface area contributed by atoms with E-state index in [0.29, 0.717) is 23.7 Å². The fraction of sp³-hybridized carbons (Fsp3) is 0.917. The molecule has 0 spiro atoms. The van der Waals surface area contributed by atoms with Gasteiger partial charge in [-0.3, -0.25) is 4.79 Å². The Labute approximate surface area is 86.7 Å². The van der Waals surface area contributed by atoms with E-state index in [1.54, 1.807) is 0 Å². The molecule has 2 atom stereocenters. The molecule has 82 valence electrons. The highest BCUT2D eigenvalue weighted by atomic mass is 16.4. The Bertz CT molecular complexity index is 208. The maximum absolute atomic E-state index is 10.6. The van der Waals surface area contributed by atoms with Crippen LogP contribution in [0.1, 0.15) is 52.9 Å². The minimum absolute atomic E-state index is 0.332. The number of rotatable bonds is 3. The van der Waals surface area contributed by atoms with Crippen LogP contribution in [0, 0.1) is 17.3 Å². The molecule has 2 nitrogen and oxygen atoms in total. The van der Waals surface area contributed by atoms with Gasteiger partial charge in [0.2, 0.25) is 0 Å². The average molecular weight is 198 g/mol. The first-order valence-corrected chi connectivity index (χ1v) is 5.65. The first kappa shape index (κ1) is 11.5. The van der Waals surface area contributed by atoms with Crippen LogP contribution in [-0.4, -0.2) is 11.1 Å². The van der Waals surface area contributed by atoms with Crippen LogP contribution in [0.3, 0.4) is 0 Å². The summed E-state index contributed by atoms with van der Waals surface area (Å²) in [7, 11) is 0. The number of carboxylic acid groups (broad SMARTS) is 1. The van der Waals surface area contributed by atoms with E-state index < -0.39 is 5.97 Å². The van der Waals surface area contributed by atoms with Crippen molar-refractivity contribution in [1.29, 1.82) is 0 Å². The van der Waals surface area contributed by atoms with Crippen molar-refractivity contribution in [3.8, 4) is 0 Å². The van der Waals surface area contributed by atoms with Gasteiger partial charge in [0.05, 0.1) is 0 Å². The molecule has 0 radical (unpaired) electrons. The molecule has 1 fully saturated rings. The van der Waals surface area contributed by atoms with Gasteiger partial charge in [0, 0.05) is 6.42 Å². The fourth-order valence-corrected chi connectivity index (χ4v) is 2.99. The monoisotopic (exact) mass is 198 g/mol. The molecular formula is C12H22O2. The van der Waals surface area contributed by atoms with Gasteiger partial charge in [0.1, 0.15) is 0 Å². The van der Waals surface area contributed by atoms with Crippen LogP contribution in [0.15, 0.2) is 0 Å². The van der Waals surface area contributed by atoms with Gasteiger partial charge in [0.15, 0.2) is 0 Å². The summed E-state index contributed by atoms with van der Waals surface area (Å²) in [4.78, 5) is 10.6. The maximum atomic E-state index is 10.6. The Morgan fingerprint density at radius 3 is 2.64 bits per heavy atom. The summed E-state index contributed by atoms with van der Waals surface area (Å²) in [6.07, 6.45) is 5.01. The van der Waals surface area contributed by atoms with E-state index >= 15 is 0 Å². The molecule has 1 aliphatic carbocycles. The Morgan fingerprint density at radius 1 is 1.50 bits per heavy atom. The maximum Gasteiger partial charge on any atom is 0.303 e. The van der Waals surface area contributed by atoms with Crippen LogP contribution in [-0.2, 0) is 4.79 Å². The molecule has 14 heavy (non-hydrogen) atoms. The lowest BCUT2D eigenvalue weighted by Gasteiger charge is -2.43. The van der Waals surface area contributed by atoms with Gasteiger partial charge >= 0.3 is 5.97 Å². The quantitative estimate of drug-likeness (QED) is 0.755. The van der Waals surface area contributed by atoms with Gasteiger partial charge in [-0.05, 0) is 30.1 Å². The number of aliphatic carboxylic acids is 1. The second-order valence-corrected chi connectivity index (χ2v) is 5.40. The lowest BCUT2D eigenvalue weighted by Crippen LogP contribution is -2.34. The lowest BCUT2D eigenvalue weighted by atomic mass is 9.63. The van der Waals surface area contributed by atoms with Crippen molar-refractivity contribution in [1.82, 2.24) is 0 Å². The third kappa shape index (κ3) is 2.73. The average Bonchev–Trinajstić information content (AvgIpc) is 2.01. The van der Waals surface area contributed by atoms with Gasteiger partial charge in [-0.1, -0.05) is 33.6 Å². The van der Waals surface area contributed by atoms with Crippen molar-refractivity contribution in [3.05, 3.63) is 0 Å². The molecule has 1 rings (SSSR count). The molecule has 0 amide bonds. The predicted molar refractivity (Wildman–Crippen MR) is 57.2 cm³/mol. The van der Waals surface area contributed by atoms with Crippen molar-refractivity contribution in [3.63, 3.8) is 0 Å². The molecule has 1 saturated carbocycles. The standard InChI is InChI=1S/C12H22O2/c1-9-5-4-8-12(2,3)10(9)6-7-11(13)14/h9-10H,4-8H2,1-3H3,(H,13,14). The molecule has 0 aromatic heterocycles. The number of hydrogen-bond donors (Lipinski definition) is 1. The van der Waals surface area contributed by atoms with Gasteiger partial charge in [-0.2, -0.15) is 0 Å². The minimum atomic E-state index is -0.654. The van der Waals surface area contributed by atoms with E-state index in [1.807, 2.05) is 0 Å². The smallest absolute Gasteiger partial charge is 0.303 e. The summed E-state index contributed by atoms with van der Waals surface area (Å²) < 4.78 is 0. The first-order chi connectivity index (χ1) is 6.43. The van der Waals surface area contributed by atoms with E-state index in [4.69, 9.17) is 5.11 Å². The molecule has 0 bridgehead atoms. The summed E-state index contributed by atoms with van der Waals surface area (Å²) in [6.45, 7) is 6.85. The number of carbonyl (C=O) groups is 1. The molecule has 0 heterocycles. The Balaban J connectivity index is 2.56. The largest absolute Gasteiger partial charge is 0.481 e. The zero-order chi connectivity index (χ0) is 10.8. The highest BCUT2D eigenvalue weighted by Crippen LogP contribution is 2.45. The molecule has 0 aromatic rings. The van der Waals surface area contributed by atoms with Gasteiger partial charge in [0.25, 0.3) is 0 Å². The molecule has 2 heteroatoms. The minimum Gasteiger partial charge on any atom is -0.481 e. The molecule has 0 aliphatic heterocycles. The third-order valence-electron chi connectivity index (χ3n) is 3.84. The Morgan fingerprint density at radius 2 is 2.14 bits per heavy atom. The fourth-order valence-electron chi connectivity index (χ4n) is 2.99. The van der Waals surface area contributed by atoms with Crippen LogP contribution in [0.25, 0.3) is 0 Å². The normalized spacial score (nSPS) is 31.4. The second kappa shape index (κ2) is 4.33. The number of hydrogen-bond acceptors (Lipinski definition) is 1. The Kier molecular flexibility index (Phi) is 3.57. The van der Waals surface area contributed by atoms with Crippen LogP contribution < -0.4 is 0 Å². The van der Waals surface area contributed by atoms with Crippen molar-refractivity contribution in [2.75, 3.05) is 0 Å². The zero-order valence-electron chi connectivity index (χ0n) is 9.55. The summed E-state index contributed by atoms with van der Waals surface area (Å²) >= 11 is 0. The summed E-state index contributed by atoms with van der Waals surface area (Å²) in [6, 6.07) is 0. The first-order valence-electron chi connectivity index (χ1n) is 5.65. The van der Waals surface area contributed by atoms with Crippen LogP contribution >= 0.6 is 0 Å². The highest BCUT2D eigenvalue weighted by Gasteiger charge is 2.36. The molecule has 1 N–H and O–H groups in total. The van der Waals surface area contributed by atoms with E-state index in [9.17, 15) is 4.79 Å². The second-order valence-electron chi connectivity index (χ2n) is 5.40. The van der Waals surface area contributed by atoms with Crippen molar-refractivity contribution < 1.29 is 9.90 Å². The van der Waals surface area contributed by atoms with Crippen LogP contribution in [0.4, 0.5) is 0 Å². The number of carboxylic acids is 1.